The Morgan fingerprint density at radius 2 is 1.12 bits per heavy atom. The van der Waals surface area contributed by atoms with Gasteiger partial charge in [-0.05, 0) is 13.3 Å². The summed E-state index contributed by atoms with van der Waals surface area (Å²) < 4.78 is 10.2. The molecule has 0 aromatic heterocycles. The van der Waals surface area contributed by atoms with Crippen molar-refractivity contribution < 1.29 is 19.1 Å². The summed E-state index contributed by atoms with van der Waals surface area (Å²) in [6, 6.07) is 0. The first-order valence-corrected chi connectivity index (χ1v) is 10.0. The van der Waals surface area contributed by atoms with E-state index in [4.69, 9.17) is 9.47 Å². The first-order chi connectivity index (χ1) is 12.1. The molecule has 0 heterocycles. The highest BCUT2D eigenvalue weighted by Crippen LogP contribution is 2.10. The predicted molar refractivity (Wildman–Crippen MR) is 102 cm³/mol. The second-order valence-electron chi connectivity index (χ2n) is 6.83. The molecular weight excluding hydrogens is 316 g/mol. The lowest BCUT2D eigenvalue weighted by atomic mass is 10.1. The molecule has 0 bridgehead atoms. The minimum atomic E-state index is -0.350. The molecular formula is C21H38O4. The Morgan fingerprint density at radius 1 is 0.680 bits per heavy atom. The number of carbonyl (C=O) groups is 2. The number of esters is 2. The second-order valence-corrected chi connectivity index (χ2v) is 6.83. The summed E-state index contributed by atoms with van der Waals surface area (Å²) in [4.78, 5) is 23.0. The Bertz CT molecular complexity index is 363. The van der Waals surface area contributed by atoms with E-state index < -0.39 is 0 Å². The van der Waals surface area contributed by atoms with E-state index in [1.165, 1.54) is 51.4 Å². The van der Waals surface area contributed by atoms with Gasteiger partial charge in [-0.1, -0.05) is 70.3 Å². The Morgan fingerprint density at radius 3 is 1.60 bits per heavy atom. The molecule has 0 amide bonds. The maximum atomic E-state index is 11.5. The zero-order valence-electron chi connectivity index (χ0n) is 16.4. The van der Waals surface area contributed by atoms with Crippen molar-refractivity contribution >= 4 is 11.9 Å². The van der Waals surface area contributed by atoms with Gasteiger partial charge >= 0.3 is 11.9 Å². The highest BCUT2D eigenvalue weighted by atomic mass is 16.5. The van der Waals surface area contributed by atoms with Crippen LogP contribution in [0.3, 0.4) is 0 Å². The fourth-order valence-corrected chi connectivity index (χ4v) is 2.46. The summed E-state index contributed by atoms with van der Waals surface area (Å²) in [6.45, 7) is 8.66. The molecule has 0 spiro atoms. The number of hydrogen-bond donors (Lipinski definition) is 0. The van der Waals surface area contributed by atoms with Gasteiger partial charge in [0.25, 0.3) is 0 Å². The highest BCUT2D eigenvalue weighted by Gasteiger charge is 2.08. The van der Waals surface area contributed by atoms with Crippen molar-refractivity contribution in [3.63, 3.8) is 0 Å². The maximum absolute atomic E-state index is 11.5. The molecule has 4 nitrogen and oxygen atoms in total. The third-order valence-corrected chi connectivity index (χ3v) is 4.09. The van der Waals surface area contributed by atoms with Crippen molar-refractivity contribution in [2.24, 2.45) is 0 Å². The van der Waals surface area contributed by atoms with Crippen LogP contribution in [0.1, 0.15) is 97.3 Å². The second kappa shape index (κ2) is 17.5. The molecule has 0 fully saturated rings. The highest BCUT2D eigenvalue weighted by molar-refractivity contribution is 5.77. The average Bonchev–Trinajstić information content (AvgIpc) is 2.57. The number of unbranched alkanes of at least 4 members (excludes halogenated alkanes) is 9. The molecule has 0 saturated heterocycles. The van der Waals surface area contributed by atoms with Crippen molar-refractivity contribution in [3.05, 3.63) is 12.2 Å². The van der Waals surface area contributed by atoms with E-state index in [2.05, 4.69) is 13.5 Å². The summed E-state index contributed by atoms with van der Waals surface area (Å²) in [5.74, 6) is -0.662. The van der Waals surface area contributed by atoms with Crippen LogP contribution < -0.4 is 0 Å². The summed E-state index contributed by atoms with van der Waals surface area (Å²) in [7, 11) is 0. The molecule has 25 heavy (non-hydrogen) atoms. The number of carbonyl (C=O) groups excluding carboxylic acids is 2. The Labute approximate surface area is 154 Å². The zero-order chi connectivity index (χ0) is 18.8. The van der Waals surface area contributed by atoms with Crippen molar-refractivity contribution in [3.8, 4) is 0 Å². The molecule has 0 radical (unpaired) electrons. The quantitative estimate of drug-likeness (QED) is 0.190. The van der Waals surface area contributed by atoms with Gasteiger partial charge < -0.3 is 9.47 Å². The Balaban J connectivity index is 3.32. The fraction of sp³-hybridized carbons (Fsp3) is 0.810. The monoisotopic (exact) mass is 354 g/mol. The first kappa shape index (κ1) is 23.7. The van der Waals surface area contributed by atoms with Crippen LogP contribution in [0.2, 0.25) is 0 Å². The molecule has 0 aliphatic carbocycles. The summed E-state index contributed by atoms with van der Waals surface area (Å²) in [5.41, 5.74) is 0.976. The normalized spacial score (nSPS) is 10.5. The molecule has 0 N–H and O–H groups in total. The Hall–Kier alpha value is -1.32. The van der Waals surface area contributed by atoms with Gasteiger partial charge in [-0.15, -0.1) is 6.58 Å². The van der Waals surface area contributed by atoms with Crippen LogP contribution >= 0.6 is 0 Å². The number of hydrogen-bond acceptors (Lipinski definition) is 4. The van der Waals surface area contributed by atoms with Gasteiger partial charge in [0.1, 0.15) is 0 Å². The Kier molecular flexibility index (Phi) is 16.6. The van der Waals surface area contributed by atoms with E-state index in [1.807, 2.05) is 6.92 Å². The van der Waals surface area contributed by atoms with E-state index in [-0.39, 0.29) is 24.8 Å². The number of ether oxygens (including phenoxy) is 2. The van der Waals surface area contributed by atoms with Gasteiger partial charge in [0.15, 0.2) is 0 Å². The van der Waals surface area contributed by atoms with E-state index in [0.717, 1.165) is 18.4 Å². The largest absolute Gasteiger partial charge is 0.466 e. The molecule has 0 unspecified atom stereocenters. The SMILES string of the molecule is C=C(C)CCOC(=O)CCC(=O)OCCCCCCCCCCCC. The molecule has 0 aliphatic rings. The van der Waals surface area contributed by atoms with Crippen molar-refractivity contribution in [2.45, 2.75) is 97.3 Å². The summed E-state index contributed by atoms with van der Waals surface area (Å²) in [5, 5.41) is 0. The maximum Gasteiger partial charge on any atom is 0.306 e. The fourth-order valence-electron chi connectivity index (χ4n) is 2.46. The van der Waals surface area contributed by atoms with Gasteiger partial charge in [-0.25, -0.2) is 0 Å². The van der Waals surface area contributed by atoms with Gasteiger partial charge in [-0.2, -0.15) is 0 Å². The smallest absolute Gasteiger partial charge is 0.306 e. The molecule has 0 aromatic rings. The van der Waals surface area contributed by atoms with Gasteiger partial charge in [0.2, 0.25) is 0 Å². The van der Waals surface area contributed by atoms with E-state index in [9.17, 15) is 9.59 Å². The molecule has 0 saturated carbocycles. The van der Waals surface area contributed by atoms with Crippen molar-refractivity contribution in [1.82, 2.24) is 0 Å². The van der Waals surface area contributed by atoms with Crippen molar-refractivity contribution in [1.29, 1.82) is 0 Å². The van der Waals surface area contributed by atoms with Gasteiger partial charge in [0.05, 0.1) is 26.1 Å². The standard InChI is InChI=1S/C21H38O4/c1-4-5-6-7-8-9-10-11-12-13-17-24-20(22)14-15-21(23)25-18-16-19(2)3/h2,4-18H2,1,3H3. The molecule has 146 valence electrons. The average molecular weight is 355 g/mol. The zero-order valence-corrected chi connectivity index (χ0v) is 16.4. The molecule has 4 heteroatoms. The first-order valence-electron chi connectivity index (χ1n) is 10.0. The molecule has 0 rings (SSSR count). The van der Waals surface area contributed by atoms with Crippen LogP contribution in [0, 0.1) is 0 Å². The minimum Gasteiger partial charge on any atom is -0.466 e. The third kappa shape index (κ3) is 18.9. The molecule has 0 atom stereocenters. The predicted octanol–water partition coefficient (Wildman–Crippen LogP) is 5.74. The van der Waals surface area contributed by atoms with Gasteiger partial charge in [-0.3, -0.25) is 9.59 Å². The van der Waals surface area contributed by atoms with E-state index in [0.29, 0.717) is 19.6 Å². The van der Waals surface area contributed by atoms with Crippen LogP contribution in [-0.4, -0.2) is 25.2 Å². The van der Waals surface area contributed by atoms with E-state index >= 15 is 0 Å². The lowest BCUT2D eigenvalue weighted by molar-refractivity contribution is -0.150. The van der Waals surface area contributed by atoms with Crippen LogP contribution in [0.25, 0.3) is 0 Å². The minimum absolute atomic E-state index is 0.0903. The molecule has 0 aromatic carbocycles. The third-order valence-electron chi connectivity index (χ3n) is 4.09. The van der Waals surface area contributed by atoms with Crippen LogP contribution in [0.4, 0.5) is 0 Å². The van der Waals surface area contributed by atoms with E-state index in [1.54, 1.807) is 0 Å². The number of rotatable bonds is 17. The van der Waals surface area contributed by atoms with Crippen molar-refractivity contribution in [2.75, 3.05) is 13.2 Å². The topological polar surface area (TPSA) is 52.6 Å². The van der Waals surface area contributed by atoms with Gasteiger partial charge in [0, 0.05) is 6.42 Å². The lowest BCUT2D eigenvalue weighted by Crippen LogP contribution is -2.11. The summed E-state index contributed by atoms with van der Waals surface area (Å²) >= 11 is 0. The van der Waals surface area contributed by atoms with Crippen LogP contribution in [0.15, 0.2) is 12.2 Å². The summed E-state index contributed by atoms with van der Waals surface area (Å²) in [6.07, 6.45) is 13.4. The van der Waals surface area contributed by atoms with Crippen LogP contribution in [0.5, 0.6) is 0 Å². The molecule has 0 aliphatic heterocycles. The van der Waals surface area contributed by atoms with Crippen LogP contribution in [-0.2, 0) is 19.1 Å². The lowest BCUT2D eigenvalue weighted by Gasteiger charge is -2.06.